The van der Waals surface area contributed by atoms with Gasteiger partial charge in [0.2, 0.25) is 11.9 Å². The molecule has 0 saturated carbocycles. The monoisotopic (exact) mass is 295 g/mol. The molecular weight excluding hydrogens is 280 g/mol. The van der Waals surface area contributed by atoms with Gasteiger partial charge in [-0.2, -0.15) is 15.0 Å². The SMILES string of the molecule is CCNc1nc(Oc2cc(F)cc(F)c2)nc(N(C)C)n1. The number of rotatable bonds is 5. The van der Waals surface area contributed by atoms with E-state index in [-0.39, 0.29) is 11.8 Å². The first-order valence-electron chi connectivity index (χ1n) is 6.29. The lowest BCUT2D eigenvalue weighted by Gasteiger charge is -2.13. The van der Waals surface area contributed by atoms with Gasteiger partial charge in [0.15, 0.2) is 0 Å². The van der Waals surface area contributed by atoms with Crippen LogP contribution in [0.2, 0.25) is 0 Å². The molecule has 8 heteroatoms. The van der Waals surface area contributed by atoms with Crippen LogP contribution in [0.15, 0.2) is 18.2 Å². The fraction of sp³-hybridized carbons (Fsp3) is 0.308. The van der Waals surface area contributed by atoms with E-state index in [1.165, 1.54) is 0 Å². The zero-order valence-corrected chi connectivity index (χ0v) is 11.9. The summed E-state index contributed by atoms with van der Waals surface area (Å²) in [6, 6.07) is 2.81. The Hall–Kier alpha value is -2.51. The molecule has 112 valence electrons. The van der Waals surface area contributed by atoms with Gasteiger partial charge in [-0.05, 0) is 6.92 Å². The highest BCUT2D eigenvalue weighted by Crippen LogP contribution is 2.22. The highest BCUT2D eigenvalue weighted by atomic mass is 19.1. The molecule has 0 atom stereocenters. The zero-order valence-electron chi connectivity index (χ0n) is 11.9. The summed E-state index contributed by atoms with van der Waals surface area (Å²) in [5.41, 5.74) is 0. The van der Waals surface area contributed by atoms with Crippen LogP contribution >= 0.6 is 0 Å². The van der Waals surface area contributed by atoms with Crippen LogP contribution in [-0.4, -0.2) is 35.6 Å². The summed E-state index contributed by atoms with van der Waals surface area (Å²) < 4.78 is 31.6. The second-order valence-corrected chi connectivity index (χ2v) is 4.37. The summed E-state index contributed by atoms with van der Waals surface area (Å²) in [6.07, 6.45) is 0. The first kappa shape index (κ1) is 14.9. The molecule has 1 aromatic carbocycles. The van der Waals surface area contributed by atoms with Crippen LogP contribution in [0.4, 0.5) is 20.7 Å². The molecule has 0 aliphatic carbocycles. The predicted octanol–water partition coefficient (Wildman–Crippen LogP) is 2.44. The Morgan fingerprint density at radius 2 is 1.76 bits per heavy atom. The lowest BCUT2D eigenvalue weighted by atomic mass is 10.3. The molecule has 0 spiro atoms. The fourth-order valence-electron chi connectivity index (χ4n) is 1.52. The van der Waals surface area contributed by atoms with Crippen molar-refractivity contribution in [2.75, 3.05) is 30.9 Å². The third-order valence-corrected chi connectivity index (χ3v) is 2.38. The van der Waals surface area contributed by atoms with Crippen molar-refractivity contribution in [2.45, 2.75) is 6.92 Å². The molecule has 0 aliphatic heterocycles. The fourth-order valence-corrected chi connectivity index (χ4v) is 1.52. The summed E-state index contributed by atoms with van der Waals surface area (Å²) in [4.78, 5) is 13.9. The van der Waals surface area contributed by atoms with Gasteiger partial charge in [0.25, 0.3) is 0 Å². The first-order valence-corrected chi connectivity index (χ1v) is 6.29. The van der Waals surface area contributed by atoms with E-state index in [0.29, 0.717) is 18.4 Å². The molecule has 1 aromatic heterocycles. The summed E-state index contributed by atoms with van der Waals surface area (Å²) in [6.45, 7) is 2.51. The molecular formula is C13H15F2N5O. The zero-order chi connectivity index (χ0) is 15.4. The molecule has 0 saturated heterocycles. The number of hydrogen-bond donors (Lipinski definition) is 1. The van der Waals surface area contributed by atoms with Crippen molar-refractivity contribution < 1.29 is 13.5 Å². The highest BCUT2D eigenvalue weighted by molar-refractivity contribution is 5.38. The molecule has 6 nitrogen and oxygen atoms in total. The number of nitrogens with one attached hydrogen (secondary N) is 1. The van der Waals surface area contributed by atoms with Crippen LogP contribution in [0.1, 0.15) is 6.92 Å². The quantitative estimate of drug-likeness (QED) is 0.914. The van der Waals surface area contributed by atoms with Gasteiger partial charge < -0.3 is 15.0 Å². The van der Waals surface area contributed by atoms with Crippen LogP contribution in [0, 0.1) is 11.6 Å². The van der Waals surface area contributed by atoms with Crippen LogP contribution in [0.5, 0.6) is 11.8 Å². The van der Waals surface area contributed by atoms with Gasteiger partial charge in [0, 0.05) is 38.8 Å². The maximum atomic E-state index is 13.1. The largest absolute Gasteiger partial charge is 0.424 e. The summed E-state index contributed by atoms with van der Waals surface area (Å²) >= 11 is 0. The summed E-state index contributed by atoms with van der Waals surface area (Å²) in [7, 11) is 3.52. The first-order chi connectivity index (χ1) is 9.97. The van der Waals surface area contributed by atoms with E-state index >= 15 is 0 Å². The van der Waals surface area contributed by atoms with E-state index in [9.17, 15) is 8.78 Å². The Bertz CT molecular complexity index is 616. The van der Waals surface area contributed by atoms with E-state index in [0.717, 1.165) is 18.2 Å². The van der Waals surface area contributed by atoms with Crippen molar-refractivity contribution in [1.29, 1.82) is 0 Å². The average Bonchev–Trinajstić information content (AvgIpc) is 2.37. The van der Waals surface area contributed by atoms with Gasteiger partial charge in [-0.1, -0.05) is 0 Å². The van der Waals surface area contributed by atoms with Crippen molar-refractivity contribution in [2.24, 2.45) is 0 Å². The van der Waals surface area contributed by atoms with Crippen molar-refractivity contribution in [3.8, 4) is 11.8 Å². The van der Waals surface area contributed by atoms with Crippen LogP contribution in [0.3, 0.4) is 0 Å². The Morgan fingerprint density at radius 3 is 2.33 bits per heavy atom. The number of hydrogen-bond acceptors (Lipinski definition) is 6. The maximum absolute atomic E-state index is 13.1. The van der Waals surface area contributed by atoms with E-state index < -0.39 is 11.6 Å². The minimum atomic E-state index is -0.737. The molecule has 0 fully saturated rings. The second kappa shape index (κ2) is 6.29. The third-order valence-electron chi connectivity index (χ3n) is 2.38. The number of ether oxygens (including phenoxy) is 1. The number of benzene rings is 1. The molecule has 0 aliphatic rings. The number of halogens is 2. The van der Waals surface area contributed by atoms with Gasteiger partial charge in [-0.25, -0.2) is 8.78 Å². The van der Waals surface area contributed by atoms with Gasteiger partial charge in [0.05, 0.1) is 0 Å². The average molecular weight is 295 g/mol. The summed E-state index contributed by atoms with van der Waals surface area (Å²) in [5, 5.41) is 2.93. The van der Waals surface area contributed by atoms with Crippen molar-refractivity contribution in [1.82, 2.24) is 15.0 Å². The smallest absolute Gasteiger partial charge is 0.328 e. The lowest BCUT2D eigenvalue weighted by molar-refractivity contribution is 0.431. The normalized spacial score (nSPS) is 10.3. The molecule has 2 rings (SSSR count). The Labute approximate surface area is 120 Å². The summed E-state index contributed by atoms with van der Waals surface area (Å²) in [5.74, 6) is -0.806. The van der Waals surface area contributed by atoms with E-state index in [1.54, 1.807) is 19.0 Å². The van der Waals surface area contributed by atoms with Crippen molar-refractivity contribution >= 4 is 11.9 Å². The molecule has 1 N–H and O–H groups in total. The molecule has 21 heavy (non-hydrogen) atoms. The topological polar surface area (TPSA) is 63.2 Å². The maximum Gasteiger partial charge on any atom is 0.328 e. The minimum absolute atomic E-state index is 0.0224. The van der Waals surface area contributed by atoms with Crippen LogP contribution < -0.4 is 15.0 Å². The number of aromatic nitrogens is 3. The van der Waals surface area contributed by atoms with Crippen LogP contribution in [0.25, 0.3) is 0 Å². The number of anilines is 2. The molecule has 1 heterocycles. The van der Waals surface area contributed by atoms with E-state index in [1.807, 2.05) is 6.92 Å². The second-order valence-electron chi connectivity index (χ2n) is 4.37. The predicted molar refractivity (Wildman–Crippen MR) is 74.7 cm³/mol. The van der Waals surface area contributed by atoms with Crippen molar-refractivity contribution in [3.05, 3.63) is 29.8 Å². The Morgan fingerprint density at radius 1 is 1.10 bits per heavy atom. The standard InChI is InChI=1S/C13H15F2N5O/c1-4-16-11-17-12(20(2)3)19-13(18-11)21-10-6-8(14)5-9(15)7-10/h5-7H,4H2,1-3H3,(H,16,17,18,19). The van der Waals surface area contributed by atoms with Gasteiger partial charge in [-0.3, -0.25) is 0 Å². The molecule has 0 amide bonds. The Kier molecular flexibility index (Phi) is 4.46. The van der Waals surface area contributed by atoms with Gasteiger partial charge >= 0.3 is 6.01 Å². The van der Waals surface area contributed by atoms with Gasteiger partial charge in [0.1, 0.15) is 17.4 Å². The molecule has 0 bridgehead atoms. The van der Waals surface area contributed by atoms with E-state index in [4.69, 9.17) is 4.74 Å². The van der Waals surface area contributed by atoms with Crippen LogP contribution in [-0.2, 0) is 0 Å². The number of nitrogens with zero attached hydrogens (tertiary/aromatic N) is 4. The van der Waals surface area contributed by atoms with Gasteiger partial charge in [-0.15, -0.1) is 0 Å². The molecule has 0 radical (unpaired) electrons. The van der Waals surface area contributed by atoms with E-state index in [2.05, 4.69) is 20.3 Å². The Balaban J connectivity index is 2.33. The third kappa shape index (κ3) is 3.98. The minimum Gasteiger partial charge on any atom is -0.424 e. The highest BCUT2D eigenvalue weighted by Gasteiger charge is 2.11. The van der Waals surface area contributed by atoms with Crippen molar-refractivity contribution in [3.63, 3.8) is 0 Å². The molecule has 2 aromatic rings. The lowest BCUT2D eigenvalue weighted by Crippen LogP contribution is -2.15. The molecule has 0 unspecified atom stereocenters.